The smallest absolute Gasteiger partial charge is 0.396 e. The van der Waals surface area contributed by atoms with Crippen LogP contribution in [0.25, 0.3) is 0 Å². The SMILES string of the molecule is COC(=O)C(=O)N1CC(=O)NC(=O)C1(C)C. The summed E-state index contributed by atoms with van der Waals surface area (Å²) in [5.74, 6) is -3.35. The zero-order chi connectivity index (χ0) is 12.5. The molecule has 1 heterocycles. The van der Waals surface area contributed by atoms with E-state index in [1.54, 1.807) is 0 Å². The lowest BCUT2D eigenvalue weighted by Crippen LogP contribution is -2.66. The third-order valence-corrected chi connectivity index (χ3v) is 2.39. The van der Waals surface area contributed by atoms with Crippen LogP contribution in [-0.2, 0) is 23.9 Å². The molecule has 1 aliphatic heterocycles. The van der Waals surface area contributed by atoms with Gasteiger partial charge in [0.05, 0.1) is 7.11 Å². The fourth-order valence-electron chi connectivity index (χ4n) is 1.31. The summed E-state index contributed by atoms with van der Waals surface area (Å²) < 4.78 is 4.26. The highest BCUT2D eigenvalue weighted by Gasteiger charge is 2.45. The number of piperazine rings is 1. The third kappa shape index (κ3) is 1.88. The van der Waals surface area contributed by atoms with Crippen LogP contribution in [0.3, 0.4) is 0 Å². The number of imide groups is 1. The van der Waals surface area contributed by atoms with E-state index < -0.39 is 29.2 Å². The summed E-state index contributed by atoms with van der Waals surface area (Å²) in [6.45, 7) is 2.54. The van der Waals surface area contributed by atoms with Gasteiger partial charge in [0.15, 0.2) is 0 Å². The minimum absolute atomic E-state index is 0.341. The molecule has 0 aromatic heterocycles. The number of nitrogens with zero attached hydrogens (tertiary/aromatic N) is 1. The van der Waals surface area contributed by atoms with E-state index in [1.165, 1.54) is 13.8 Å². The van der Waals surface area contributed by atoms with Gasteiger partial charge in [0.25, 0.3) is 5.91 Å². The van der Waals surface area contributed by atoms with Crippen LogP contribution in [0, 0.1) is 0 Å². The summed E-state index contributed by atoms with van der Waals surface area (Å²) >= 11 is 0. The van der Waals surface area contributed by atoms with E-state index in [0.29, 0.717) is 0 Å². The van der Waals surface area contributed by atoms with E-state index in [9.17, 15) is 19.2 Å². The molecule has 1 fully saturated rings. The Morgan fingerprint density at radius 3 is 2.44 bits per heavy atom. The van der Waals surface area contributed by atoms with Gasteiger partial charge in [-0.15, -0.1) is 0 Å². The first-order valence-electron chi connectivity index (χ1n) is 4.55. The predicted molar refractivity (Wildman–Crippen MR) is 51.0 cm³/mol. The van der Waals surface area contributed by atoms with Crippen molar-refractivity contribution >= 4 is 23.7 Å². The van der Waals surface area contributed by atoms with Crippen molar-refractivity contribution in [1.82, 2.24) is 10.2 Å². The van der Waals surface area contributed by atoms with Crippen LogP contribution in [-0.4, -0.2) is 47.8 Å². The van der Waals surface area contributed by atoms with Gasteiger partial charge < -0.3 is 9.64 Å². The predicted octanol–water partition coefficient (Wildman–Crippen LogP) is -1.58. The van der Waals surface area contributed by atoms with Crippen LogP contribution in [0.2, 0.25) is 0 Å². The Bertz CT molecular complexity index is 374. The van der Waals surface area contributed by atoms with Crippen molar-refractivity contribution in [2.75, 3.05) is 13.7 Å². The van der Waals surface area contributed by atoms with Gasteiger partial charge in [-0.05, 0) is 13.8 Å². The monoisotopic (exact) mass is 228 g/mol. The number of esters is 1. The number of ether oxygens (including phenoxy) is 1. The number of hydrogen-bond acceptors (Lipinski definition) is 5. The van der Waals surface area contributed by atoms with Crippen molar-refractivity contribution in [1.29, 1.82) is 0 Å². The topological polar surface area (TPSA) is 92.8 Å². The van der Waals surface area contributed by atoms with E-state index in [4.69, 9.17) is 0 Å². The van der Waals surface area contributed by atoms with Gasteiger partial charge in [0, 0.05) is 0 Å². The molecule has 7 nitrogen and oxygen atoms in total. The Balaban J connectivity index is 3.01. The maximum Gasteiger partial charge on any atom is 0.396 e. The lowest BCUT2D eigenvalue weighted by molar-refractivity contribution is -0.166. The van der Waals surface area contributed by atoms with Gasteiger partial charge >= 0.3 is 11.9 Å². The quantitative estimate of drug-likeness (QED) is 0.307. The highest BCUT2D eigenvalue weighted by atomic mass is 16.5. The maximum absolute atomic E-state index is 11.6. The minimum atomic E-state index is -1.25. The normalized spacial score (nSPS) is 19.1. The zero-order valence-corrected chi connectivity index (χ0v) is 9.20. The van der Waals surface area contributed by atoms with Crippen molar-refractivity contribution in [3.05, 3.63) is 0 Å². The molecule has 0 saturated carbocycles. The molecule has 0 unspecified atom stereocenters. The second kappa shape index (κ2) is 3.92. The van der Waals surface area contributed by atoms with Crippen molar-refractivity contribution < 1.29 is 23.9 Å². The highest BCUT2D eigenvalue weighted by molar-refractivity contribution is 6.33. The Labute approximate surface area is 91.7 Å². The summed E-state index contributed by atoms with van der Waals surface area (Å²) in [6, 6.07) is 0. The van der Waals surface area contributed by atoms with E-state index in [0.717, 1.165) is 12.0 Å². The number of rotatable bonds is 0. The fraction of sp³-hybridized carbons (Fsp3) is 0.556. The number of hydrogen-bond donors (Lipinski definition) is 1. The van der Waals surface area contributed by atoms with Gasteiger partial charge in [-0.2, -0.15) is 0 Å². The van der Waals surface area contributed by atoms with Crippen LogP contribution in [0.15, 0.2) is 0 Å². The molecular formula is C9H12N2O5. The molecule has 16 heavy (non-hydrogen) atoms. The molecule has 1 N–H and O–H groups in total. The standard InChI is InChI=1S/C9H12N2O5/c1-9(2)8(15)10-5(12)4-11(9)6(13)7(14)16-3/h4H2,1-3H3,(H,10,12,15). The molecule has 0 radical (unpaired) electrons. The molecule has 0 aromatic carbocycles. The van der Waals surface area contributed by atoms with Crippen LogP contribution in [0.4, 0.5) is 0 Å². The van der Waals surface area contributed by atoms with Crippen molar-refractivity contribution in [3.8, 4) is 0 Å². The molecule has 0 atom stereocenters. The average molecular weight is 228 g/mol. The van der Waals surface area contributed by atoms with Crippen LogP contribution in [0.1, 0.15) is 13.8 Å². The molecule has 0 aromatic rings. The van der Waals surface area contributed by atoms with Gasteiger partial charge in [-0.25, -0.2) is 4.79 Å². The van der Waals surface area contributed by atoms with Crippen molar-refractivity contribution in [3.63, 3.8) is 0 Å². The third-order valence-electron chi connectivity index (χ3n) is 2.39. The molecule has 7 heteroatoms. The summed E-state index contributed by atoms with van der Waals surface area (Å²) in [5.41, 5.74) is -1.25. The summed E-state index contributed by atoms with van der Waals surface area (Å²) in [6.07, 6.45) is 0. The molecule has 1 rings (SSSR count). The van der Waals surface area contributed by atoms with Crippen molar-refractivity contribution in [2.24, 2.45) is 0 Å². The number of nitrogens with one attached hydrogen (secondary N) is 1. The number of methoxy groups -OCH3 is 1. The van der Waals surface area contributed by atoms with Crippen LogP contribution < -0.4 is 5.32 Å². The highest BCUT2D eigenvalue weighted by Crippen LogP contribution is 2.18. The Morgan fingerprint density at radius 2 is 1.94 bits per heavy atom. The van der Waals surface area contributed by atoms with E-state index in [2.05, 4.69) is 10.1 Å². The first-order valence-corrected chi connectivity index (χ1v) is 4.55. The Morgan fingerprint density at radius 1 is 1.38 bits per heavy atom. The van der Waals surface area contributed by atoms with Gasteiger partial charge in [-0.1, -0.05) is 0 Å². The van der Waals surface area contributed by atoms with Crippen LogP contribution in [0.5, 0.6) is 0 Å². The Hall–Kier alpha value is -1.92. The number of carbonyl (C=O) groups excluding carboxylic acids is 4. The number of carbonyl (C=O) groups is 4. The maximum atomic E-state index is 11.6. The summed E-state index contributed by atoms with van der Waals surface area (Å²) in [5, 5.41) is 2.09. The zero-order valence-electron chi connectivity index (χ0n) is 9.20. The molecule has 88 valence electrons. The van der Waals surface area contributed by atoms with Crippen LogP contribution >= 0.6 is 0 Å². The second-order valence-electron chi connectivity index (χ2n) is 3.82. The van der Waals surface area contributed by atoms with Gasteiger partial charge in [0.1, 0.15) is 12.1 Å². The summed E-state index contributed by atoms with van der Waals surface area (Å²) in [7, 11) is 1.05. The summed E-state index contributed by atoms with van der Waals surface area (Å²) in [4.78, 5) is 46.1. The molecule has 0 bridgehead atoms. The second-order valence-corrected chi connectivity index (χ2v) is 3.82. The van der Waals surface area contributed by atoms with Gasteiger partial charge in [0.2, 0.25) is 5.91 Å². The van der Waals surface area contributed by atoms with E-state index in [-0.39, 0.29) is 6.54 Å². The lowest BCUT2D eigenvalue weighted by atomic mass is 9.98. The first-order chi connectivity index (χ1) is 7.30. The largest absolute Gasteiger partial charge is 0.462 e. The minimum Gasteiger partial charge on any atom is -0.462 e. The van der Waals surface area contributed by atoms with Crippen molar-refractivity contribution in [2.45, 2.75) is 19.4 Å². The lowest BCUT2D eigenvalue weighted by Gasteiger charge is -2.39. The molecular weight excluding hydrogens is 216 g/mol. The first kappa shape index (κ1) is 12.2. The van der Waals surface area contributed by atoms with E-state index in [1.807, 2.05) is 0 Å². The Kier molecular flexibility index (Phi) is 2.97. The molecule has 0 spiro atoms. The number of amides is 3. The van der Waals surface area contributed by atoms with Gasteiger partial charge in [-0.3, -0.25) is 19.7 Å². The van der Waals surface area contributed by atoms with E-state index >= 15 is 0 Å². The molecule has 1 aliphatic rings. The molecule has 0 aliphatic carbocycles. The average Bonchev–Trinajstić information content (AvgIpc) is 2.21. The molecule has 1 saturated heterocycles. The molecule has 3 amide bonds. The fourth-order valence-corrected chi connectivity index (χ4v) is 1.31.